The van der Waals surface area contributed by atoms with Crippen LogP contribution in [0.25, 0.3) is 0 Å². The van der Waals surface area contributed by atoms with Crippen LogP contribution in [0.3, 0.4) is 0 Å². The van der Waals surface area contributed by atoms with Gasteiger partial charge in [-0.25, -0.2) is 4.98 Å². The van der Waals surface area contributed by atoms with E-state index in [1.807, 2.05) is 27.0 Å². The van der Waals surface area contributed by atoms with Crippen molar-refractivity contribution in [2.75, 3.05) is 13.6 Å². The summed E-state index contributed by atoms with van der Waals surface area (Å²) in [5.41, 5.74) is 5.09. The molecular formula is C11H21Cl2N3OS. The number of carbonyl (C=O) groups is 1. The van der Waals surface area contributed by atoms with Gasteiger partial charge in [0.1, 0.15) is 0 Å². The highest BCUT2D eigenvalue weighted by atomic mass is 35.5. The SMILES string of the molecule is Cc1ncc(CN(C)C(=O)C(C)(C)CN)s1.Cl.Cl. The van der Waals surface area contributed by atoms with E-state index in [2.05, 4.69) is 4.98 Å². The molecule has 106 valence electrons. The third-order valence-electron chi connectivity index (χ3n) is 2.50. The maximum Gasteiger partial charge on any atom is 0.229 e. The van der Waals surface area contributed by atoms with Crippen molar-refractivity contribution in [2.45, 2.75) is 27.3 Å². The van der Waals surface area contributed by atoms with Crippen LogP contribution in [0.2, 0.25) is 0 Å². The van der Waals surface area contributed by atoms with E-state index in [1.54, 1.807) is 23.3 Å². The van der Waals surface area contributed by atoms with Gasteiger partial charge in [0, 0.05) is 24.7 Å². The zero-order chi connectivity index (χ0) is 12.3. The molecule has 0 radical (unpaired) electrons. The van der Waals surface area contributed by atoms with Crippen LogP contribution in [-0.4, -0.2) is 29.4 Å². The molecule has 1 aromatic rings. The van der Waals surface area contributed by atoms with E-state index in [-0.39, 0.29) is 30.7 Å². The Bertz CT molecular complexity index is 382. The van der Waals surface area contributed by atoms with Crippen LogP contribution in [0.4, 0.5) is 0 Å². The molecule has 1 rings (SSSR count). The smallest absolute Gasteiger partial charge is 0.229 e. The van der Waals surface area contributed by atoms with E-state index in [4.69, 9.17) is 5.73 Å². The van der Waals surface area contributed by atoms with Gasteiger partial charge in [-0.15, -0.1) is 36.2 Å². The van der Waals surface area contributed by atoms with Crippen LogP contribution < -0.4 is 5.73 Å². The number of rotatable bonds is 4. The Morgan fingerprint density at radius 3 is 2.44 bits per heavy atom. The molecule has 0 aliphatic heterocycles. The van der Waals surface area contributed by atoms with Crippen molar-refractivity contribution in [3.8, 4) is 0 Å². The van der Waals surface area contributed by atoms with Gasteiger partial charge in [0.15, 0.2) is 0 Å². The molecule has 0 spiro atoms. The monoisotopic (exact) mass is 313 g/mol. The predicted octanol–water partition coefficient (Wildman–Crippen LogP) is 2.24. The lowest BCUT2D eigenvalue weighted by Crippen LogP contribution is -2.42. The summed E-state index contributed by atoms with van der Waals surface area (Å²) in [6, 6.07) is 0. The Morgan fingerprint density at radius 1 is 1.50 bits per heavy atom. The summed E-state index contributed by atoms with van der Waals surface area (Å²) in [6.07, 6.45) is 1.82. The van der Waals surface area contributed by atoms with Crippen molar-refractivity contribution >= 4 is 42.1 Å². The number of carbonyl (C=O) groups excluding carboxylic acids is 1. The number of nitrogens with zero attached hydrogens (tertiary/aromatic N) is 2. The summed E-state index contributed by atoms with van der Waals surface area (Å²) >= 11 is 1.62. The maximum absolute atomic E-state index is 12.0. The molecule has 0 aliphatic carbocycles. The van der Waals surface area contributed by atoms with Gasteiger partial charge in [0.25, 0.3) is 0 Å². The average Bonchev–Trinajstić information content (AvgIpc) is 2.62. The Labute approximate surface area is 125 Å². The minimum absolute atomic E-state index is 0. The highest BCUT2D eigenvalue weighted by molar-refractivity contribution is 7.11. The molecule has 0 unspecified atom stereocenters. The third-order valence-corrected chi connectivity index (χ3v) is 3.40. The van der Waals surface area contributed by atoms with Gasteiger partial charge in [-0.2, -0.15) is 0 Å². The minimum Gasteiger partial charge on any atom is -0.340 e. The number of amides is 1. The Hall–Kier alpha value is -0.360. The van der Waals surface area contributed by atoms with Crippen molar-refractivity contribution in [1.82, 2.24) is 9.88 Å². The number of hydrogen-bond acceptors (Lipinski definition) is 4. The first-order chi connectivity index (χ1) is 7.36. The molecule has 0 aromatic carbocycles. The summed E-state index contributed by atoms with van der Waals surface area (Å²) in [5.74, 6) is 0.0704. The van der Waals surface area contributed by atoms with Crippen molar-refractivity contribution in [1.29, 1.82) is 0 Å². The highest BCUT2D eigenvalue weighted by Gasteiger charge is 2.28. The van der Waals surface area contributed by atoms with Crippen LogP contribution in [-0.2, 0) is 11.3 Å². The van der Waals surface area contributed by atoms with Gasteiger partial charge >= 0.3 is 0 Å². The molecule has 4 nitrogen and oxygen atoms in total. The normalized spacial score (nSPS) is 10.3. The largest absolute Gasteiger partial charge is 0.340 e. The second-order valence-corrected chi connectivity index (χ2v) is 5.91. The van der Waals surface area contributed by atoms with Crippen LogP contribution in [0, 0.1) is 12.3 Å². The van der Waals surface area contributed by atoms with E-state index in [0.717, 1.165) is 9.88 Å². The van der Waals surface area contributed by atoms with E-state index >= 15 is 0 Å². The summed E-state index contributed by atoms with van der Waals surface area (Å²) in [5, 5.41) is 1.02. The van der Waals surface area contributed by atoms with Gasteiger partial charge in [-0.3, -0.25) is 4.79 Å². The molecule has 0 atom stereocenters. The maximum atomic E-state index is 12.0. The Morgan fingerprint density at radius 2 is 2.06 bits per heavy atom. The summed E-state index contributed by atoms with van der Waals surface area (Å²) in [7, 11) is 1.80. The van der Waals surface area contributed by atoms with Crippen LogP contribution in [0.15, 0.2) is 6.20 Å². The summed E-state index contributed by atoms with van der Waals surface area (Å²) < 4.78 is 0. The predicted molar refractivity (Wildman–Crippen MR) is 80.7 cm³/mol. The number of aryl methyl sites for hydroxylation is 1. The highest BCUT2D eigenvalue weighted by Crippen LogP contribution is 2.19. The first-order valence-corrected chi connectivity index (χ1v) is 6.05. The van der Waals surface area contributed by atoms with Crippen LogP contribution >= 0.6 is 36.2 Å². The topological polar surface area (TPSA) is 59.2 Å². The number of aromatic nitrogens is 1. The molecule has 0 bridgehead atoms. The number of thiazole rings is 1. The molecule has 7 heteroatoms. The Kier molecular flexibility index (Phi) is 8.81. The van der Waals surface area contributed by atoms with Crippen LogP contribution in [0.5, 0.6) is 0 Å². The molecular weight excluding hydrogens is 293 g/mol. The Balaban J connectivity index is 0. The molecule has 1 aromatic heterocycles. The molecule has 1 heterocycles. The number of halogens is 2. The van der Waals surface area contributed by atoms with Gasteiger partial charge in [0.05, 0.1) is 17.0 Å². The first-order valence-electron chi connectivity index (χ1n) is 5.24. The van der Waals surface area contributed by atoms with Crippen LogP contribution in [0.1, 0.15) is 23.7 Å². The van der Waals surface area contributed by atoms with Gasteiger partial charge in [-0.1, -0.05) is 0 Å². The number of hydrogen-bond donors (Lipinski definition) is 1. The molecule has 0 saturated heterocycles. The molecule has 2 N–H and O–H groups in total. The summed E-state index contributed by atoms with van der Waals surface area (Å²) in [4.78, 5) is 19.0. The van der Waals surface area contributed by atoms with Gasteiger partial charge in [-0.05, 0) is 20.8 Å². The second-order valence-electron chi connectivity index (χ2n) is 4.59. The third kappa shape index (κ3) is 5.10. The fraction of sp³-hybridized carbons (Fsp3) is 0.636. The molecule has 0 aliphatic rings. The lowest BCUT2D eigenvalue weighted by molar-refractivity contribution is -0.138. The number of nitrogens with two attached hydrogens (primary N) is 1. The standard InChI is InChI=1S/C11H19N3OS.2ClH/c1-8-13-5-9(16-8)6-14(4)10(15)11(2,3)7-12;;/h5H,6-7,12H2,1-4H3;2*1H. The van der Waals surface area contributed by atoms with E-state index in [9.17, 15) is 4.79 Å². The van der Waals surface area contributed by atoms with E-state index < -0.39 is 5.41 Å². The average molecular weight is 314 g/mol. The molecule has 0 fully saturated rings. The molecule has 1 amide bonds. The molecule has 18 heavy (non-hydrogen) atoms. The van der Waals surface area contributed by atoms with Crippen molar-refractivity contribution in [3.63, 3.8) is 0 Å². The van der Waals surface area contributed by atoms with Crippen molar-refractivity contribution in [2.24, 2.45) is 11.1 Å². The van der Waals surface area contributed by atoms with Crippen molar-refractivity contribution in [3.05, 3.63) is 16.1 Å². The lowest BCUT2D eigenvalue weighted by atomic mass is 9.92. The quantitative estimate of drug-likeness (QED) is 0.927. The van der Waals surface area contributed by atoms with E-state index in [0.29, 0.717) is 13.1 Å². The lowest BCUT2D eigenvalue weighted by Gasteiger charge is -2.27. The minimum atomic E-state index is -0.492. The van der Waals surface area contributed by atoms with Gasteiger partial charge in [0.2, 0.25) is 5.91 Å². The second kappa shape index (κ2) is 7.94. The zero-order valence-electron chi connectivity index (χ0n) is 11.1. The zero-order valence-corrected chi connectivity index (χ0v) is 13.5. The summed E-state index contributed by atoms with van der Waals surface area (Å²) in [6.45, 7) is 6.65. The fourth-order valence-corrected chi connectivity index (χ4v) is 2.24. The first kappa shape index (κ1) is 20.0. The van der Waals surface area contributed by atoms with E-state index in [1.165, 1.54) is 0 Å². The van der Waals surface area contributed by atoms with Crippen molar-refractivity contribution < 1.29 is 4.79 Å². The van der Waals surface area contributed by atoms with Gasteiger partial charge < -0.3 is 10.6 Å². The fourth-order valence-electron chi connectivity index (χ4n) is 1.39. The molecule has 0 saturated carbocycles.